The maximum Gasteiger partial charge on any atom is 0.264 e. The number of hydrogen-bond acceptors (Lipinski definition) is 4. The molecule has 0 unspecified atom stereocenters. The van der Waals surface area contributed by atoms with E-state index in [-0.39, 0.29) is 11.6 Å². The van der Waals surface area contributed by atoms with Gasteiger partial charge in [-0.05, 0) is 55.8 Å². The first-order valence-corrected chi connectivity index (χ1v) is 8.53. The Morgan fingerprint density at radius 1 is 1.27 bits per heavy atom. The van der Waals surface area contributed by atoms with Crippen LogP contribution in [0.3, 0.4) is 0 Å². The molecule has 1 saturated heterocycles. The van der Waals surface area contributed by atoms with Crippen LogP contribution < -0.4 is 15.6 Å². The fourth-order valence-corrected chi connectivity index (χ4v) is 3.38. The van der Waals surface area contributed by atoms with Crippen LogP contribution >= 0.6 is 0 Å². The fourth-order valence-electron chi connectivity index (χ4n) is 3.38. The van der Waals surface area contributed by atoms with Gasteiger partial charge in [-0.3, -0.25) is 9.36 Å². The zero-order chi connectivity index (χ0) is 18.1. The molecule has 0 bridgehead atoms. The molecular weight excluding hydrogens is 328 g/mol. The minimum absolute atomic E-state index is 0.0368. The third kappa shape index (κ3) is 2.72. The van der Waals surface area contributed by atoms with Gasteiger partial charge in [-0.1, -0.05) is 6.07 Å². The Labute approximate surface area is 150 Å². The molecule has 0 radical (unpaired) electrons. The van der Waals surface area contributed by atoms with Gasteiger partial charge in [0.1, 0.15) is 11.6 Å². The molecule has 3 aromatic rings. The number of methoxy groups -OCH3 is 1. The number of fused-ring (bicyclic) bond motifs is 1. The lowest BCUT2D eigenvalue weighted by molar-refractivity contribution is 0.414. The van der Waals surface area contributed by atoms with Gasteiger partial charge in [-0.25, -0.2) is 9.83 Å². The van der Waals surface area contributed by atoms with E-state index >= 15 is 0 Å². The van der Waals surface area contributed by atoms with Crippen molar-refractivity contribution in [2.45, 2.75) is 18.9 Å². The van der Waals surface area contributed by atoms with E-state index in [0.29, 0.717) is 22.4 Å². The van der Waals surface area contributed by atoms with Crippen LogP contribution in [0.1, 0.15) is 24.7 Å². The zero-order valence-corrected chi connectivity index (χ0v) is 14.4. The van der Waals surface area contributed by atoms with Crippen molar-refractivity contribution in [2.24, 2.45) is 0 Å². The highest BCUT2D eigenvalue weighted by molar-refractivity contribution is 5.82. The Balaban J connectivity index is 2.00. The lowest BCUT2D eigenvalue weighted by Crippen LogP contribution is -2.28. The van der Waals surface area contributed by atoms with Crippen LogP contribution in [0, 0.1) is 6.57 Å². The number of ether oxygens (including phenoxy) is 1. The van der Waals surface area contributed by atoms with Crippen molar-refractivity contribution in [1.29, 1.82) is 0 Å². The second kappa shape index (κ2) is 6.62. The normalized spacial score (nSPS) is 16.5. The highest BCUT2D eigenvalue weighted by Crippen LogP contribution is 2.26. The van der Waals surface area contributed by atoms with E-state index in [1.54, 1.807) is 29.9 Å². The number of nitrogens with zero attached hydrogens (tertiary/aromatic N) is 3. The number of hydrogen-bond donors (Lipinski definition) is 1. The molecule has 1 aromatic heterocycles. The van der Waals surface area contributed by atoms with Crippen molar-refractivity contribution in [3.05, 3.63) is 70.1 Å². The van der Waals surface area contributed by atoms with Crippen molar-refractivity contribution in [3.8, 4) is 11.4 Å². The summed E-state index contributed by atoms with van der Waals surface area (Å²) >= 11 is 0. The largest absolute Gasteiger partial charge is 0.497 e. The van der Waals surface area contributed by atoms with Crippen molar-refractivity contribution >= 4 is 16.6 Å². The summed E-state index contributed by atoms with van der Waals surface area (Å²) in [5, 5.41) is 3.88. The van der Waals surface area contributed by atoms with Crippen molar-refractivity contribution < 1.29 is 4.74 Å². The highest BCUT2D eigenvalue weighted by Gasteiger charge is 2.24. The summed E-state index contributed by atoms with van der Waals surface area (Å²) in [5.41, 5.74) is 1.64. The van der Waals surface area contributed by atoms with Crippen LogP contribution in [0.25, 0.3) is 21.4 Å². The van der Waals surface area contributed by atoms with Crippen LogP contribution in [-0.2, 0) is 0 Å². The van der Waals surface area contributed by atoms with Gasteiger partial charge in [-0.2, -0.15) is 0 Å². The molecule has 4 rings (SSSR count). The van der Waals surface area contributed by atoms with Crippen molar-refractivity contribution in [3.63, 3.8) is 0 Å². The van der Waals surface area contributed by atoms with Gasteiger partial charge in [0.2, 0.25) is 0 Å². The molecule has 130 valence electrons. The molecule has 6 heteroatoms. The van der Waals surface area contributed by atoms with Gasteiger partial charge >= 0.3 is 0 Å². The van der Waals surface area contributed by atoms with E-state index in [2.05, 4.69) is 10.2 Å². The average Bonchev–Trinajstić information content (AvgIpc) is 3.22. The lowest BCUT2D eigenvalue weighted by Gasteiger charge is -2.18. The summed E-state index contributed by atoms with van der Waals surface area (Å²) in [6.45, 7) is 8.12. The molecule has 6 nitrogen and oxygen atoms in total. The molecule has 0 spiro atoms. The maximum absolute atomic E-state index is 13.3. The maximum atomic E-state index is 13.3. The summed E-state index contributed by atoms with van der Waals surface area (Å²) in [5.74, 6) is 1.44. The Bertz CT molecular complexity index is 1060. The van der Waals surface area contributed by atoms with Gasteiger partial charge < -0.3 is 10.1 Å². The van der Waals surface area contributed by atoms with E-state index < -0.39 is 0 Å². The summed E-state index contributed by atoms with van der Waals surface area (Å²) in [7, 11) is 1.61. The Hall–Kier alpha value is -3.17. The Morgan fingerprint density at radius 3 is 2.73 bits per heavy atom. The first-order valence-electron chi connectivity index (χ1n) is 8.53. The van der Waals surface area contributed by atoms with Crippen LogP contribution in [-0.4, -0.2) is 23.2 Å². The van der Waals surface area contributed by atoms with Crippen LogP contribution in [0.5, 0.6) is 5.75 Å². The molecule has 0 saturated carbocycles. The molecule has 1 N–H and O–H groups in total. The Kier molecular flexibility index (Phi) is 4.15. The molecular formula is C20H18N4O2. The number of nitrogens with one attached hydrogen (secondary N) is 1. The summed E-state index contributed by atoms with van der Waals surface area (Å²) in [4.78, 5) is 21.5. The molecule has 0 amide bonds. The molecule has 0 aliphatic carbocycles. The second-order valence-corrected chi connectivity index (χ2v) is 6.27. The highest BCUT2D eigenvalue weighted by atomic mass is 16.5. The first kappa shape index (κ1) is 16.3. The average molecular weight is 346 g/mol. The van der Waals surface area contributed by atoms with Gasteiger partial charge in [0.05, 0.1) is 36.3 Å². The first-order chi connectivity index (χ1) is 12.7. The molecule has 26 heavy (non-hydrogen) atoms. The predicted molar refractivity (Wildman–Crippen MR) is 100 cm³/mol. The van der Waals surface area contributed by atoms with Gasteiger partial charge in [-0.15, -0.1) is 0 Å². The van der Waals surface area contributed by atoms with Crippen LogP contribution in [0.2, 0.25) is 0 Å². The van der Waals surface area contributed by atoms with Gasteiger partial charge in [0, 0.05) is 0 Å². The fraction of sp³-hybridized carbons (Fsp3) is 0.250. The smallest absolute Gasteiger partial charge is 0.264 e. The van der Waals surface area contributed by atoms with E-state index in [4.69, 9.17) is 16.3 Å². The van der Waals surface area contributed by atoms with Gasteiger partial charge in [0.25, 0.3) is 5.56 Å². The number of benzene rings is 2. The monoisotopic (exact) mass is 346 g/mol. The quantitative estimate of drug-likeness (QED) is 0.739. The predicted octanol–water partition coefficient (Wildman–Crippen LogP) is 3.37. The Morgan fingerprint density at radius 2 is 2.08 bits per heavy atom. The molecule has 2 heterocycles. The van der Waals surface area contributed by atoms with E-state index in [1.165, 1.54) is 0 Å². The molecule has 1 aliphatic rings. The van der Waals surface area contributed by atoms with E-state index in [9.17, 15) is 4.79 Å². The van der Waals surface area contributed by atoms with Crippen molar-refractivity contribution in [1.82, 2.24) is 14.9 Å². The standard InChI is InChI=1S/C20H18N4O2/c1-21-13-5-10-17-16(12-13)20(25)24(14-6-8-15(26-2)9-7-14)19(23-17)18-4-3-11-22-18/h5-10,12,18,22H,3-4,11H2,2H3/t18-/m1/s1. The number of rotatable bonds is 3. The lowest BCUT2D eigenvalue weighted by atomic mass is 10.1. The topological polar surface area (TPSA) is 60.5 Å². The summed E-state index contributed by atoms with van der Waals surface area (Å²) in [6, 6.07) is 12.5. The van der Waals surface area contributed by atoms with Gasteiger partial charge in [0.15, 0.2) is 5.69 Å². The molecule has 2 aromatic carbocycles. The molecule has 1 atom stereocenters. The SMILES string of the molecule is [C-]#[N+]c1ccc2nc([C@H]3CCCN3)n(-c3ccc(OC)cc3)c(=O)c2c1. The number of aromatic nitrogens is 2. The second-order valence-electron chi connectivity index (χ2n) is 6.27. The van der Waals surface area contributed by atoms with E-state index in [0.717, 1.165) is 30.8 Å². The third-order valence-electron chi connectivity index (χ3n) is 4.71. The van der Waals surface area contributed by atoms with Crippen LogP contribution in [0.15, 0.2) is 47.3 Å². The zero-order valence-electron chi connectivity index (χ0n) is 14.4. The van der Waals surface area contributed by atoms with Crippen molar-refractivity contribution in [2.75, 3.05) is 13.7 Å². The summed E-state index contributed by atoms with van der Waals surface area (Å²) < 4.78 is 6.87. The minimum atomic E-state index is -0.158. The van der Waals surface area contributed by atoms with Crippen LogP contribution in [0.4, 0.5) is 5.69 Å². The third-order valence-corrected chi connectivity index (χ3v) is 4.71. The summed E-state index contributed by atoms with van der Waals surface area (Å²) in [6.07, 6.45) is 1.99. The molecule has 1 aliphatic heterocycles. The molecule has 1 fully saturated rings. The van der Waals surface area contributed by atoms with E-state index in [1.807, 2.05) is 24.3 Å². The minimum Gasteiger partial charge on any atom is -0.497 e.